The first kappa shape index (κ1) is 39.5. The number of hydrogen-bond acceptors (Lipinski definition) is 3. The van der Waals surface area contributed by atoms with E-state index in [2.05, 4.69) is 164 Å². The van der Waals surface area contributed by atoms with Crippen LogP contribution in [0.5, 0.6) is 0 Å². The lowest BCUT2D eigenvalue weighted by Crippen LogP contribution is -2.13. The van der Waals surface area contributed by atoms with Gasteiger partial charge in [-0.15, -0.1) is 0 Å². The molecule has 268 valence electrons. The van der Waals surface area contributed by atoms with E-state index in [1.807, 2.05) is 57.4 Å². The fraction of sp³-hybridized carbons (Fsp3) is 0.120. The van der Waals surface area contributed by atoms with Crippen LogP contribution in [-0.4, -0.2) is 0 Å². The fourth-order valence-corrected chi connectivity index (χ4v) is 5.91. The molecule has 0 spiro atoms. The monoisotopic (exact) mass is 695 g/mol. The maximum atomic E-state index is 5.36. The molecule has 0 aromatic heterocycles. The molecule has 3 heteroatoms. The number of aryl methyl sites for hydroxylation is 1. The smallest absolute Gasteiger partial charge is 0.0499 e. The molecule has 0 unspecified atom stereocenters. The van der Waals surface area contributed by atoms with E-state index in [-0.39, 0.29) is 0 Å². The third-order valence-corrected chi connectivity index (χ3v) is 8.44. The van der Waals surface area contributed by atoms with Gasteiger partial charge in [0.15, 0.2) is 0 Å². The van der Waals surface area contributed by atoms with E-state index in [0.717, 1.165) is 18.5 Å². The summed E-state index contributed by atoms with van der Waals surface area (Å²) in [5, 5.41) is 3.10. The van der Waals surface area contributed by atoms with Crippen molar-refractivity contribution in [2.75, 3.05) is 4.90 Å². The van der Waals surface area contributed by atoms with E-state index < -0.39 is 0 Å². The second-order valence-corrected chi connectivity index (χ2v) is 12.2. The number of para-hydroxylation sites is 1. The molecule has 0 radical (unpaired) electrons. The molecule has 53 heavy (non-hydrogen) atoms. The zero-order valence-corrected chi connectivity index (χ0v) is 31.7. The van der Waals surface area contributed by atoms with Crippen LogP contribution in [0.15, 0.2) is 201 Å². The van der Waals surface area contributed by atoms with Crippen molar-refractivity contribution in [2.24, 2.45) is 5.73 Å². The third kappa shape index (κ3) is 11.6. The molecule has 1 aliphatic rings. The Morgan fingerprint density at radius 1 is 0.717 bits per heavy atom. The van der Waals surface area contributed by atoms with Gasteiger partial charge in [-0.05, 0) is 115 Å². The van der Waals surface area contributed by atoms with Gasteiger partial charge in [-0.25, -0.2) is 0 Å². The van der Waals surface area contributed by atoms with Crippen molar-refractivity contribution in [1.82, 2.24) is 5.32 Å². The quantitative estimate of drug-likeness (QED) is 0.135. The second-order valence-electron chi connectivity index (χ2n) is 12.2. The molecule has 5 aromatic rings. The number of allylic oxidation sites excluding steroid dienone is 8. The van der Waals surface area contributed by atoms with Crippen molar-refractivity contribution in [3.63, 3.8) is 0 Å². The summed E-state index contributed by atoms with van der Waals surface area (Å²) in [6, 6.07) is 43.9. The minimum Gasteiger partial charge on any atom is -0.399 e. The van der Waals surface area contributed by atoms with Crippen LogP contribution in [0, 0.1) is 6.92 Å². The normalized spacial score (nSPS) is 12.0. The number of nitrogens with zero attached hydrogens (tertiary/aromatic N) is 1. The Morgan fingerprint density at radius 2 is 1.30 bits per heavy atom. The molecule has 6 rings (SSSR count). The topological polar surface area (TPSA) is 41.3 Å². The summed E-state index contributed by atoms with van der Waals surface area (Å²) in [5.41, 5.74) is 19.5. The van der Waals surface area contributed by atoms with Crippen molar-refractivity contribution in [3.8, 4) is 22.3 Å². The van der Waals surface area contributed by atoms with Gasteiger partial charge in [0.2, 0.25) is 0 Å². The first-order chi connectivity index (χ1) is 26.0. The Balaban J connectivity index is 0.000000314. The highest BCUT2D eigenvalue weighted by Gasteiger charge is 2.18. The van der Waals surface area contributed by atoms with Gasteiger partial charge in [0.25, 0.3) is 0 Å². The maximum absolute atomic E-state index is 5.36. The highest BCUT2D eigenvalue weighted by atomic mass is 15.1. The van der Waals surface area contributed by atoms with E-state index in [0.29, 0.717) is 5.70 Å². The van der Waals surface area contributed by atoms with Gasteiger partial charge in [-0.2, -0.15) is 0 Å². The number of benzene rings is 5. The van der Waals surface area contributed by atoms with Gasteiger partial charge in [0.05, 0.1) is 0 Å². The fourth-order valence-electron chi connectivity index (χ4n) is 5.91. The molecule has 0 amide bonds. The minimum atomic E-state index is 0.537. The average molecular weight is 696 g/mol. The standard InChI is InChI=1S/C35H29N.C13H18N2.C2H6/c1-26-14-16-27(17-15-26)28-18-20-29(21-19-28)30-22-24-33(25-23-30)36(32-10-3-2-4-11-32)35-13-7-9-31-8-5-6-12-34(31)35;1-4-8-13(9-5-2)15-11-7-6-10-12(3)14;1-2/h2-5,7-11,13-25H,6,12H2,1H3;4-11,15H,1,3,14H2,2H3;1-2H3/b;9-5-,10-6-,11-7-,13-8+;. The SMILES string of the molecule is C=C/C=C(\C=C/C)N/C=C\C=C/C(=C)N.CC.Cc1ccc(-c2ccc(-c3ccc(N(c4ccccc4)c4cccc5c4CCC=C5)cc3)cc2)cc1. The van der Waals surface area contributed by atoms with Gasteiger partial charge in [-0.1, -0.05) is 154 Å². The van der Waals surface area contributed by atoms with Crippen LogP contribution in [0.2, 0.25) is 0 Å². The number of hydrogen-bond donors (Lipinski definition) is 2. The van der Waals surface area contributed by atoms with Crippen LogP contribution in [0.1, 0.15) is 43.9 Å². The molecule has 0 aliphatic heterocycles. The summed E-state index contributed by atoms with van der Waals surface area (Å²) in [4.78, 5) is 2.39. The lowest BCUT2D eigenvalue weighted by Gasteiger charge is -2.29. The van der Waals surface area contributed by atoms with Gasteiger partial charge in [0, 0.05) is 34.7 Å². The van der Waals surface area contributed by atoms with E-state index >= 15 is 0 Å². The lowest BCUT2D eigenvalue weighted by molar-refractivity contribution is 0.979. The van der Waals surface area contributed by atoms with E-state index in [1.165, 1.54) is 56.0 Å². The van der Waals surface area contributed by atoms with Crippen molar-refractivity contribution in [2.45, 2.75) is 40.5 Å². The Hall–Kier alpha value is -6.32. The number of rotatable bonds is 11. The van der Waals surface area contributed by atoms with Crippen molar-refractivity contribution < 1.29 is 0 Å². The lowest BCUT2D eigenvalue weighted by atomic mass is 9.94. The molecule has 1 aliphatic carbocycles. The van der Waals surface area contributed by atoms with Crippen molar-refractivity contribution >= 4 is 23.1 Å². The van der Waals surface area contributed by atoms with Gasteiger partial charge < -0.3 is 16.0 Å². The zero-order chi connectivity index (χ0) is 37.8. The highest BCUT2D eigenvalue weighted by molar-refractivity contribution is 5.82. The number of anilines is 3. The first-order valence-electron chi connectivity index (χ1n) is 18.4. The highest BCUT2D eigenvalue weighted by Crippen LogP contribution is 2.40. The average Bonchev–Trinajstić information content (AvgIpc) is 3.20. The van der Waals surface area contributed by atoms with E-state index in [1.54, 1.807) is 12.2 Å². The maximum Gasteiger partial charge on any atom is 0.0499 e. The third-order valence-electron chi connectivity index (χ3n) is 8.44. The molecule has 3 N–H and O–H groups in total. The van der Waals surface area contributed by atoms with Crippen LogP contribution in [0.3, 0.4) is 0 Å². The molecule has 0 atom stereocenters. The Labute approximate surface area is 318 Å². The Morgan fingerprint density at radius 3 is 1.89 bits per heavy atom. The van der Waals surface area contributed by atoms with Crippen LogP contribution in [-0.2, 0) is 6.42 Å². The first-order valence-corrected chi connectivity index (χ1v) is 18.4. The zero-order valence-electron chi connectivity index (χ0n) is 31.7. The number of fused-ring (bicyclic) bond motifs is 1. The molecule has 3 nitrogen and oxygen atoms in total. The Bertz CT molecular complexity index is 2040. The van der Waals surface area contributed by atoms with Crippen molar-refractivity contribution in [3.05, 3.63) is 217 Å². The van der Waals surface area contributed by atoms with Crippen LogP contribution >= 0.6 is 0 Å². The van der Waals surface area contributed by atoms with Gasteiger partial charge in [0.1, 0.15) is 0 Å². The van der Waals surface area contributed by atoms with E-state index in [9.17, 15) is 0 Å². The van der Waals surface area contributed by atoms with Crippen molar-refractivity contribution in [1.29, 1.82) is 0 Å². The molecule has 0 saturated heterocycles. The van der Waals surface area contributed by atoms with Gasteiger partial charge >= 0.3 is 0 Å². The summed E-state index contributed by atoms with van der Waals surface area (Å²) >= 11 is 0. The molecule has 0 saturated carbocycles. The predicted octanol–water partition coefficient (Wildman–Crippen LogP) is 13.5. The summed E-state index contributed by atoms with van der Waals surface area (Å²) in [7, 11) is 0. The molecule has 0 fully saturated rings. The second kappa shape index (κ2) is 21.1. The molecule has 0 bridgehead atoms. The van der Waals surface area contributed by atoms with E-state index in [4.69, 9.17) is 5.73 Å². The molecular formula is C50H53N3. The molecule has 0 heterocycles. The summed E-state index contributed by atoms with van der Waals surface area (Å²) in [6.45, 7) is 15.3. The van der Waals surface area contributed by atoms with Crippen LogP contribution in [0.4, 0.5) is 17.1 Å². The summed E-state index contributed by atoms with van der Waals surface area (Å²) in [5.74, 6) is 0. The number of nitrogens with one attached hydrogen (secondary N) is 1. The molecule has 5 aromatic carbocycles. The van der Waals surface area contributed by atoms with Crippen LogP contribution in [0.25, 0.3) is 28.3 Å². The largest absolute Gasteiger partial charge is 0.399 e. The summed E-state index contributed by atoms with van der Waals surface area (Å²) in [6.07, 6.45) is 21.4. The van der Waals surface area contributed by atoms with Gasteiger partial charge in [-0.3, -0.25) is 0 Å². The number of nitrogens with two attached hydrogens (primary N) is 1. The minimum absolute atomic E-state index is 0.537. The molecular weight excluding hydrogens is 643 g/mol. The predicted molar refractivity (Wildman–Crippen MR) is 233 cm³/mol. The summed E-state index contributed by atoms with van der Waals surface area (Å²) < 4.78 is 0. The van der Waals surface area contributed by atoms with Crippen LogP contribution < -0.4 is 16.0 Å². The Kier molecular flexibility index (Phi) is 15.7.